The molecule has 0 atom stereocenters. The molecule has 6 aromatic rings. The van der Waals surface area contributed by atoms with E-state index in [0.717, 1.165) is 24.3 Å². The van der Waals surface area contributed by atoms with E-state index in [4.69, 9.17) is 0 Å². The quantitative estimate of drug-likeness (QED) is 0.0984. The van der Waals surface area contributed by atoms with Crippen molar-refractivity contribution in [2.24, 2.45) is 0 Å². The van der Waals surface area contributed by atoms with Gasteiger partial charge in [-0.25, -0.2) is 0 Å². The third-order valence-electron chi connectivity index (χ3n) is 9.25. The molecule has 0 bridgehead atoms. The second kappa shape index (κ2) is 11.9. The highest BCUT2D eigenvalue weighted by Gasteiger charge is 2.47. The Morgan fingerprint density at radius 3 is 1.04 bits per heavy atom. The molecule has 0 aromatic heterocycles. The van der Waals surface area contributed by atoms with Crippen LogP contribution in [0.2, 0.25) is 0 Å². The third kappa shape index (κ3) is 5.68. The van der Waals surface area contributed by atoms with Crippen molar-refractivity contribution in [3.63, 3.8) is 0 Å². The van der Waals surface area contributed by atoms with Crippen LogP contribution in [0.15, 0.2) is 133 Å². The molecular formula is C39H22F6N2O4. The van der Waals surface area contributed by atoms with Crippen molar-refractivity contribution in [3.05, 3.63) is 187 Å². The number of rotatable bonds is 6. The van der Waals surface area contributed by atoms with Crippen molar-refractivity contribution in [2.45, 2.75) is 17.8 Å². The van der Waals surface area contributed by atoms with Gasteiger partial charge in [0.15, 0.2) is 0 Å². The van der Waals surface area contributed by atoms with Crippen LogP contribution in [0.1, 0.15) is 33.4 Å². The summed E-state index contributed by atoms with van der Waals surface area (Å²) in [6.45, 7) is 0. The molecule has 0 amide bonds. The fourth-order valence-electron chi connectivity index (χ4n) is 6.85. The molecule has 0 aliphatic heterocycles. The molecule has 0 saturated carbocycles. The predicted molar refractivity (Wildman–Crippen MR) is 178 cm³/mol. The average Bonchev–Trinajstić information content (AvgIpc) is 3.41. The number of benzene rings is 6. The summed E-state index contributed by atoms with van der Waals surface area (Å²) in [6, 6.07) is 31.9. The maximum atomic E-state index is 13.3. The van der Waals surface area contributed by atoms with Crippen molar-refractivity contribution in [1.82, 2.24) is 0 Å². The third-order valence-corrected chi connectivity index (χ3v) is 9.25. The summed E-state index contributed by atoms with van der Waals surface area (Å²) >= 11 is 0. The molecule has 12 heteroatoms. The fourth-order valence-corrected chi connectivity index (χ4v) is 6.85. The Morgan fingerprint density at radius 1 is 0.431 bits per heavy atom. The smallest absolute Gasteiger partial charge is 0.258 e. The van der Waals surface area contributed by atoms with Gasteiger partial charge in [-0.3, -0.25) is 20.2 Å². The number of alkyl halides is 6. The van der Waals surface area contributed by atoms with E-state index in [1.54, 1.807) is 36.4 Å². The van der Waals surface area contributed by atoms with Crippen LogP contribution in [0.4, 0.5) is 37.7 Å². The van der Waals surface area contributed by atoms with Crippen LogP contribution in [0.25, 0.3) is 33.4 Å². The van der Waals surface area contributed by atoms with E-state index in [2.05, 4.69) is 0 Å². The zero-order valence-electron chi connectivity index (χ0n) is 26.0. The lowest BCUT2D eigenvalue weighted by molar-refractivity contribution is -0.385. The van der Waals surface area contributed by atoms with Gasteiger partial charge >= 0.3 is 12.4 Å². The van der Waals surface area contributed by atoms with Gasteiger partial charge in [0, 0.05) is 24.3 Å². The topological polar surface area (TPSA) is 86.3 Å². The molecule has 0 saturated heterocycles. The molecular weight excluding hydrogens is 674 g/mol. The van der Waals surface area contributed by atoms with Gasteiger partial charge in [0.05, 0.1) is 26.4 Å². The number of hydrogen-bond acceptors (Lipinski definition) is 4. The Kier molecular flexibility index (Phi) is 7.77. The van der Waals surface area contributed by atoms with Gasteiger partial charge in [0.2, 0.25) is 0 Å². The highest BCUT2D eigenvalue weighted by molar-refractivity contribution is 5.91. The minimum Gasteiger partial charge on any atom is -0.258 e. The van der Waals surface area contributed by atoms with Crippen molar-refractivity contribution in [1.29, 1.82) is 0 Å². The molecule has 7 rings (SSSR count). The average molecular weight is 697 g/mol. The number of fused-ring (bicyclic) bond motifs is 3. The van der Waals surface area contributed by atoms with Gasteiger partial charge < -0.3 is 0 Å². The SMILES string of the molecule is O=[N+]([O-])c1ccc(C2(c3ccc([N+](=O)[O-])cc3)c3ccc(-c4ccc(C(F)(F)F)cc4)cc3-c3cc(-c4ccc(C(F)(F)F)cc4)ccc32)cc1. The lowest BCUT2D eigenvalue weighted by Crippen LogP contribution is -2.28. The molecule has 1 aliphatic carbocycles. The maximum absolute atomic E-state index is 13.3. The Hall–Kier alpha value is -6.30. The molecule has 0 heterocycles. The van der Waals surface area contributed by atoms with Crippen molar-refractivity contribution < 1.29 is 36.2 Å². The summed E-state index contributed by atoms with van der Waals surface area (Å²) in [5.41, 5.74) is 2.85. The van der Waals surface area contributed by atoms with Gasteiger partial charge in [0.1, 0.15) is 0 Å². The Labute approximate surface area is 285 Å². The van der Waals surface area contributed by atoms with Crippen LogP contribution >= 0.6 is 0 Å². The number of hydrogen-bond donors (Lipinski definition) is 0. The summed E-state index contributed by atoms with van der Waals surface area (Å²) in [7, 11) is 0. The molecule has 0 N–H and O–H groups in total. The summed E-state index contributed by atoms with van der Waals surface area (Å²) in [5, 5.41) is 23.2. The standard InChI is InChI=1S/C39H22F6N2O4/c40-38(41,42)29-7-1-23(2-8-29)25-5-19-35-33(21-25)34-22-26(24-3-9-30(10-4-24)39(43,44)45)6-20-36(34)37(35,27-11-15-31(16-12-27)46(48)49)28-13-17-32(18-14-28)47(50)51/h1-22H. The van der Waals surface area contributed by atoms with E-state index in [9.17, 15) is 46.6 Å². The minimum atomic E-state index is -4.53. The maximum Gasteiger partial charge on any atom is 0.416 e. The first kappa shape index (κ1) is 33.2. The lowest BCUT2D eigenvalue weighted by atomic mass is 9.67. The van der Waals surface area contributed by atoms with Crippen LogP contribution in [-0.2, 0) is 17.8 Å². The van der Waals surface area contributed by atoms with E-state index < -0.39 is 38.7 Å². The van der Waals surface area contributed by atoms with Gasteiger partial charge in [-0.05, 0) is 92.0 Å². The number of halogens is 6. The summed E-state index contributed by atoms with van der Waals surface area (Å²) < 4.78 is 80.0. The molecule has 6 nitrogen and oxygen atoms in total. The highest BCUT2D eigenvalue weighted by atomic mass is 19.4. The largest absolute Gasteiger partial charge is 0.416 e. The van der Waals surface area contributed by atoms with E-state index in [-0.39, 0.29) is 11.4 Å². The molecule has 0 radical (unpaired) electrons. The molecule has 254 valence electrons. The Balaban J connectivity index is 1.50. The predicted octanol–water partition coefficient (Wildman–Crippen LogP) is 11.2. The van der Waals surface area contributed by atoms with Crippen molar-refractivity contribution in [3.8, 4) is 33.4 Å². The fraction of sp³-hybridized carbons (Fsp3) is 0.0769. The van der Waals surface area contributed by atoms with Gasteiger partial charge in [-0.1, -0.05) is 72.8 Å². The van der Waals surface area contributed by atoms with Gasteiger partial charge in [-0.15, -0.1) is 0 Å². The summed E-state index contributed by atoms with van der Waals surface area (Å²) in [4.78, 5) is 22.1. The van der Waals surface area contributed by atoms with Crippen LogP contribution in [0.5, 0.6) is 0 Å². The van der Waals surface area contributed by atoms with E-state index >= 15 is 0 Å². The first-order valence-corrected chi connectivity index (χ1v) is 15.3. The number of nitro groups is 2. The monoisotopic (exact) mass is 696 g/mol. The minimum absolute atomic E-state index is 0.161. The van der Waals surface area contributed by atoms with Crippen LogP contribution in [0, 0.1) is 20.2 Å². The van der Waals surface area contributed by atoms with Crippen LogP contribution in [-0.4, -0.2) is 9.85 Å². The Morgan fingerprint density at radius 2 is 0.745 bits per heavy atom. The van der Waals surface area contributed by atoms with E-state index in [0.29, 0.717) is 55.6 Å². The molecule has 0 unspecified atom stereocenters. The van der Waals surface area contributed by atoms with Crippen molar-refractivity contribution in [2.75, 3.05) is 0 Å². The van der Waals surface area contributed by atoms with Crippen molar-refractivity contribution >= 4 is 11.4 Å². The molecule has 0 spiro atoms. The molecule has 0 fully saturated rings. The van der Waals surface area contributed by atoms with E-state index in [1.807, 2.05) is 24.3 Å². The second-order valence-corrected chi connectivity index (χ2v) is 12.0. The van der Waals surface area contributed by atoms with Crippen LogP contribution < -0.4 is 0 Å². The molecule has 51 heavy (non-hydrogen) atoms. The molecule has 6 aromatic carbocycles. The first-order valence-electron chi connectivity index (χ1n) is 15.3. The summed E-state index contributed by atoms with van der Waals surface area (Å²) in [5.74, 6) is 0. The number of nitro benzene ring substituents is 2. The first-order chi connectivity index (χ1) is 24.2. The van der Waals surface area contributed by atoms with Gasteiger partial charge in [-0.2, -0.15) is 26.3 Å². The number of nitrogens with zero attached hydrogens (tertiary/aromatic N) is 2. The highest BCUT2D eigenvalue weighted by Crippen LogP contribution is 2.57. The van der Waals surface area contributed by atoms with E-state index in [1.165, 1.54) is 48.5 Å². The van der Waals surface area contributed by atoms with Gasteiger partial charge in [0.25, 0.3) is 11.4 Å². The zero-order valence-corrected chi connectivity index (χ0v) is 26.0. The van der Waals surface area contributed by atoms with Crippen LogP contribution in [0.3, 0.4) is 0 Å². The normalized spacial score (nSPS) is 13.4. The molecule has 1 aliphatic rings. The Bertz CT molecular complexity index is 2150. The lowest BCUT2D eigenvalue weighted by Gasteiger charge is -2.34. The summed E-state index contributed by atoms with van der Waals surface area (Å²) in [6.07, 6.45) is -9.06. The number of non-ortho nitro benzene ring substituents is 2. The zero-order chi connectivity index (χ0) is 36.3. The second-order valence-electron chi connectivity index (χ2n) is 12.0.